The molecule has 0 fully saturated rings. The van der Waals surface area contributed by atoms with Gasteiger partial charge in [-0.15, -0.1) is 0 Å². The first kappa shape index (κ1) is 21.6. The minimum atomic E-state index is -0.538. The van der Waals surface area contributed by atoms with Crippen LogP contribution < -0.4 is 0 Å². The fourth-order valence-electron chi connectivity index (χ4n) is 2.25. The van der Waals surface area contributed by atoms with Crippen molar-refractivity contribution in [2.24, 2.45) is 0 Å². The zero-order valence-corrected chi connectivity index (χ0v) is 14.2. The quantitative estimate of drug-likeness (QED) is 0.232. The zero-order valence-electron chi connectivity index (χ0n) is 14.2. The number of carbonyl (C=O) groups is 3. The van der Waals surface area contributed by atoms with Crippen LogP contribution in [0.15, 0.2) is 0 Å². The van der Waals surface area contributed by atoms with E-state index in [1.165, 1.54) is 20.0 Å². The molecule has 0 radical (unpaired) electrons. The lowest BCUT2D eigenvalue weighted by Crippen LogP contribution is -2.27. The molecule has 0 aromatic carbocycles. The number of rotatable bonds is 17. The van der Waals surface area contributed by atoms with Gasteiger partial charge in [0.25, 0.3) is 6.47 Å². The van der Waals surface area contributed by atoms with E-state index >= 15 is 0 Å². The highest BCUT2D eigenvalue weighted by Gasteiger charge is 2.14. The van der Waals surface area contributed by atoms with E-state index in [0.717, 1.165) is 44.8 Å². The Bertz CT molecular complexity index is 305. The third-order valence-electron chi connectivity index (χ3n) is 3.45. The van der Waals surface area contributed by atoms with Crippen molar-refractivity contribution in [3.63, 3.8) is 0 Å². The Morgan fingerprint density at radius 2 is 1.52 bits per heavy atom. The molecule has 0 heterocycles. The molecule has 0 aliphatic rings. The summed E-state index contributed by atoms with van der Waals surface area (Å²) in [7, 11) is 1.50. The number of ether oxygens (including phenoxy) is 3. The van der Waals surface area contributed by atoms with E-state index in [4.69, 9.17) is 9.47 Å². The molecule has 134 valence electrons. The molecule has 0 amide bonds. The molecular weight excluding hydrogens is 300 g/mol. The average molecular weight is 330 g/mol. The maximum absolute atomic E-state index is 11.7. The molecule has 0 N–H and O–H groups in total. The van der Waals surface area contributed by atoms with Gasteiger partial charge in [-0.2, -0.15) is 0 Å². The molecule has 0 aliphatic heterocycles. The van der Waals surface area contributed by atoms with E-state index in [-0.39, 0.29) is 19.2 Å². The monoisotopic (exact) mass is 330 g/mol. The van der Waals surface area contributed by atoms with Gasteiger partial charge in [-0.05, 0) is 12.8 Å². The number of esters is 1. The van der Waals surface area contributed by atoms with Crippen molar-refractivity contribution in [1.29, 1.82) is 0 Å². The highest BCUT2D eigenvalue weighted by molar-refractivity contribution is 5.69. The second-order valence-corrected chi connectivity index (χ2v) is 5.53. The molecule has 0 spiro atoms. The third kappa shape index (κ3) is 15.2. The average Bonchev–Trinajstić information content (AvgIpc) is 2.54. The summed E-state index contributed by atoms with van der Waals surface area (Å²) in [6.07, 6.45) is 10.0. The van der Waals surface area contributed by atoms with Crippen molar-refractivity contribution in [1.82, 2.24) is 0 Å². The van der Waals surface area contributed by atoms with Crippen LogP contribution in [0.5, 0.6) is 0 Å². The van der Waals surface area contributed by atoms with Crippen LogP contribution in [-0.4, -0.2) is 45.2 Å². The SMILES string of the molecule is COCC(COC=O)OC(=O)CCCCCCCCCCC=O. The minimum absolute atomic E-state index is 0.0210. The minimum Gasteiger partial charge on any atom is -0.464 e. The Labute approximate surface area is 138 Å². The van der Waals surface area contributed by atoms with E-state index in [0.29, 0.717) is 19.3 Å². The molecule has 0 aliphatic carbocycles. The van der Waals surface area contributed by atoms with Gasteiger partial charge >= 0.3 is 5.97 Å². The maximum atomic E-state index is 11.7. The van der Waals surface area contributed by atoms with Gasteiger partial charge < -0.3 is 19.0 Å². The molecule has 0 aromatic rings. The highest BCUT2D eigenvalue weighted by atomic mass is 16.6. The number of methoxy groups -OCH3 is 1. The van der Waals surface area contributed by atoms with Crippen molar-refractivity contribution in [2.75, 3.05) is 20.3 Å². The molecule has 0 saturated heterocycles. The van der Waals surface area contributed by atoms with Gasteiger partial charge in [0.05, 0.1) is 6.61 Å². The third-order valence-corrected chi connectivity index (χ3v) is 3.45. The van der Waals surface area contributed by atoms with Crippen LogP contribution in [0.3, 0.4) is 0 Å². The molecule has 0 saturated carbocycles. The Kier molecular flexibility index (Phi) is 15.9. The summed E-state index contributed by atoms with van der Waals surface area (Å²) in [6, 6.07) is 0. The summed E-state index contributed by atoms with van der Waals surface area (Å²) in [5, 5.41) is 0. The molecule has 6 nitrogen and oxygen atoms in total. The van der Waals surface area contributed by atoms with Crippen molar-refractivity contribution < 1.29 is 28.6 Å². The highest BCUT2D eigenvalue weighted by Crippen LogP contribution is 2.11. The number of carbonyl (C=O) groups excluding carboxylic acids is 3. The van der Waals surface area contributed by atoms with E-state index in [1.54, 1.807) is 0 Å². The van der Waals surface area contributed by atoms with E-state index in [2.05, 4.69) is 4.74 Å². The summed E-state index contributed by atoms with van der Waals surface area (Å²) in [5.41, 5.74) is 0. The Morgan fingerprint density at radius 1 is 0.913 bits per heavy atom. The van der Waals surface area contributed by atoms with Crippen LogP contribution in [0.1, 0.15) is 64.2 Å². The van der Waals surface area contributed by atoms with Crippen molar-refractivity contribution in [2.45, 2.75) is 70.3 Å². The van der Waals surface area contributed by atoms with Crippen LogP contribution in [0.2, 0.25) is 0 Å². The summed E-state index contributed by atoms with van der Waals surface area (Å²) < 4.78 is 14.7. The van der Waals surface area contributed by atoms with Gasteiger partial charge in [0.1, 0.15) is 12.9 Å². The molecule has 6 heteroatoms. The first-order valence-electron chi connectivity index (χ1n) is 8.41. The Morgan fingerprint density at radius 3 is 2.09 bits per heavy atom. The van der Waals surface area contributed by atoms with Crippen LogP contribution in [0, 0.1) is 0 Å². The first-order chi connectivity index (χ1) is 11.2. The molecule has 1 atom stereocenters. The number of aldehydes is 1. The van der Waals surface area contributed by atoms with Gasteiger partial charge in [0.2, 0.25) is 0 Å². The van der Waals surface area contributed by atoms with Crippen molar-refractivity contribution in [3.05, 3.63) is 0 Å². The van der Waals surface area contributed by atoms with Crippen molar-refractivity contribution in [3.8, 4) is 0 Å². The maximum Gasteiger partial charge on any atom is 0.306 e. The summed E-state index contributed by atoms with van der Waals surface area (Å²) in [4.78, 5) is 32.0. The topological polar surface area (TPSA) is 78.9 Å². The molecule has 0 rings (SSSR count). The number of hydrogen-bond donors (Lipinski definition) is 0. The van der Waals surface area contributed by atoms with Gasteiger partial charge in [-0.1, -0.05) is 38.5 Å². The lowest BCUT2D eigenvalue weighted by Gasteiger charge is -2.15. The van der Waals surface area contributed by atoms with Gasteiger partial charge in [-0.25, -0.2) is 0 Å². The van der Waals surface area contributed by atoms with Gasteiger partial charge in [0, 0.05) is 20.0 Å². The van der Waals surface area contributed by atoms with E-state index in [9.17, 15) is 14.4 Å². The summed E-state index contributed by atoms with van der Waals surface area (Å²) in [5.74, 6) is -0.282. The largest absolute Gasteiger partial charge is 0.464 e. The zero-order chi connectivity index (χ0) is 17.2. The smallest absolute Gasteiger partial charge is 0.306 e. The lowest BCUT2D eigenvalue weighted by molar-refractivity contribution is -0.157. The van der Waals surface area contributed by atoms with Crippen LogP contribution >= 0.6 is 0 Å². The number of unbranched alkanes of at least 4 members (excludes halogenated alkanes) is 8. The number of hydrogen-bond acceptors (Lipinski definition) is 6. The molecule has 23 heavy (non-hydrogen) atoms. The van der Waals surface area contributed by atoms with Crippen molar-refractivity contribution >= 4 is 18.7 Å². The first-order valence-corrected chi connectivity index (χ1v) is 8.41. The molecule has 0 bridgehead atoms. The molecule has 1 unspecified atom stereocenters. The fraction of sp³-hybridized carbons (Fsp3) is 0.824. The Balaban J connectivity index is 3.50. The second-order valence-electron chi connectivity index (χ2n) is 5.53. The predicted molar refractivity (Wildman–Crippen MR) is 86.0 cm³/mol. The van der Waals surface area contributed by atoms with E-state index in [1.807, 2.05) is 0 Å². The summed E-state index contributed by atoms with van der Waals surface area (Å²) >= 11 is 0. The predicted octanol–water partition coefficient (Wildman–Crippen LogP) is 2.82. The molecule has 0 aromatic heterocycles. The fourth-order valence-corrected chi connectivity index (χ4v) is 2.25. The standard InChI is InChI=1S/C17H30O6/c1-21-13-16(14-22-15-19)23-17(20)11-9-7-5-3-2-4-6-8-10-12-18/h12,15-16H,2-11,13-14H2,1H3. The van der Waals surface area contributed by atoms with Crippen LogP contribution in [0.4, 0.5) is 0 Å². The normalized spacial score (nSPS) is 11.7. The van der Waals surface area contributed by atoms with Gasteiger partial charge in [0.15, 0.2) is 6.10 Å². The summed E-state index contributed by atoms with van der Waals surface area (Å²) in [6.45, 7) is 0.562. The van der Waals surface area contributed by atoms with E-state index < -0.39 is 6.10 Å². The van der Waals surface area contributed by atoms with Crippen LogP contribution in [0.25, 0.3) is 0 Å². The molecular formula is C17H30O6. The Hall–Kier alpha value is -1.43. The lowest BCUT2D eigenvalue weighted by atomic mass is 10.1. The van der Waals surface area contributed by atoms with Crippen LogP contribution in [-0.2, 0) is 28.6 Å². The van der Waals surface area contributed by atoms with Gasteiger partial charge in [-0.3, -0.25) is 9.59 Å². The second kappa shape index (κ2) is 16.9.